The largest absolute Gasteiger partial charge is 0.385 e. The average molecular weight is 467 g/mol. The van der Waals surface area contributed by atoms with Crippen LogP contribution in [0.25, 0.3) is 0 Å². The van der Waals surface area contributed by atoms with Crippen LogP contribution in [-0.4, -0.2) is 36.5 Å². The van der Waals surface area contributed by atoms with Crippen molar-refractivity contribution in [2.24, 2.45) is 17.8 Å². The van der Waals surface area contributed by atoms with Crippen LogP contribution in [0, 0.1) is 17.8 Å². The van der Waals surface area contributed by atoms with Crippen LogP contribution in [0.15, 0.2) is 24.3 Å². The fourth-order valence-corrected chi connectivity index (χ4v) is 7.45. The molecule has 4 saturated carbocycles. The minimum atomic E-state index is -0.342. The molecule has 34 heavy (non-hydrogen) atoms. The molecule has 2 amide bonds. The second kappa shape index (κ2) is 10.7. The van der Waals surface area contributed by atoms with E-state index in [2.05, 4.69) is 27.3 Å². The van der Waals surface area contributed by atoms with E-state index in [9.17, 15) is 9.59 Å². The lowest BCUT2D eigenvalue weighted by Gasteiger charge is -2.57. The summed E-state index contributed by atoms with van der Waals surface area (Å²) in [7, 11) is 0. The number of rotatable bonds is 12. The summed E-state index contributed by atoms with van der Waals surface area (Å²) in [4.78, 5) is 23.3. The first-order chi connectivity index (χ1) is 16.6. The molecule has 1 unspecified atom stereocenters. The monoisotopic (exact) mass is 466 g/mol. The lowest BCUT2D eigenvalue weighted by molar-refractivity contribution is -0.133. The molecule has 4 bridgehead atoms. The molecule has 0 spiro atoms. The molecule has 4 aliphatic carbocycles. The summed E-state index contributed by atoms with van der Waals surface area (Å²) in [6, 6.07) is 7.72. The predicted molar refractivity (Wildman–Crippen MR) is 137 cm³/mol. The van der Waals surface area contributed by atoms with Gasteiger partial charge in [-0.25, -0.2) is 0 Å². The molecule has 6 rings (SSSR count). The van der Waals surface area contributed by atoms with Crippen LogP contribution in [0.1, 0.15) is 83.5 Å². The number of amides is 2. The van der Waals surface area contributed by atoms with Crippen LogP contribution in [0.4, 0.5) is 11.4 Å². The Balaban J connectivity index is 0.927. The molecule has 5 aliphatic rings. The molecule has 0 aromatic heterocycles. The van der Waals surface area contributed by atoms with Crippen LogP contribution >= 0.6 is 0 Å². The Bertz CT molecular complexity index is 834. The molecule has 5 fully saturated rings. The van der Waals surface area contributed by atoms with Gasteiger partial charge in [0.15, 0.2) is 0 Å². The average Bonchev–Trinajstić information content (AvgIpc) is 2.79. The van der Waals surface area contributed by atoms with E-state index in [-0.39, 0.29) is 17.9 Å². The first kappa shape index (κ1) is 23.7. The van der Waals surface area contributed by atoms with Crippen molar-refractivity contribution in [2.75, 3.05) is 23.7 Å². The quantitative estimate of drug-likeness (QED) is 0.262. The molecule has 1 heterocycles. The smallest absolute Gasteiger partial charge is 0.249 e. The van der Waals surface area contributed by atoms with E-state index in [0.717, 1.165) is 35.7 Å². The Hall–Kier alpha value is -2.08. The van der Waals surface area contributed by atoms with Gasteiger partial charge in [0.05, 0.1) is 0 Å². The van der Waals surface area contributed by atoms with Crippen molar-refractivity contribution in [1.29, 1.82) is 0 Å². The van der Waals surface area contributed by atoms with E-state index in [1.165, 1.54) is 77.2 Å². The fourth-order valence-electron chi connectivity index (χ4n) is 7.45. The number of unbranched alkanes of at least 4 members (excludes halogenated alkanes) is 4. The van der Waals surface area contributed by atoms with E-state index in [4.69, 9.17) is 0 Å². The molecular weight excluding hydrogens is 424 g/mol. The van der Waals surface area contributed by atoms with E-state index in [1.807, 2.05) is 18.2 Å². The van der Waals surface area contributed by atoms with Gasteiger partial charge in [-0.2, -0.15) is 0 Å². The highest BCUT2D eigenvalue weighted by molar-refractivity contribution is 6.01. The van der Waals surface area contributed by atoms with Crippen molar-refractivity contribution in [2.45, 2.75) is 95.1 Å². The third-order valence-electron chi connectivity index (χ3n) is 8.66. The zero-order chi connectivity index (χ0) is 23.4. The van der Waals surface area contributed by atoms with E-state index < -0.39 is 0 Å². The summed E-state index contributed by atoms with van der Waals surface area (Å²) in [5.41, 5.74) is 2.49. The van der Waals surface area contributed by atoms with Crippen molar-refractivity contribution in [3.8, 4) is 0 Å². The Labute approximate surface area is 204 Å². The number of carbonyl (C=O) groups is 2. The van der Waals surface area contributed by atoms with Gasteiger partial charge >= 0.3 is 0 Å². The van der Waals surface area contributed by atoms with Crippen molar-refractivity contribution in [3.05, 3.63) is 24.3 Å². The molecule has 1 saturated heterocycles. The minimum absolute atomic E-state index is 0.183. The van der Waals surface area contributed by atoms with E-state index in [1.54, 1.807) is 0 Å². The SMILES string of the molecule is O=C1CCC(Nc2cccc(NCCCCCCCNC34CC5CC(CC(C5)C3)C4)c2)C(=O)N1. The van der Waals surface area contributed by atoms with Crippen LogP contribution in [0.3, 0.4) is 0 Å². The first-order valence-corrected chi connectivity index (χ1v) is 13.8. The van der Waals surface area contributed by atoms with Crippen molar-refractivity contribution in [3.63, 3.8) is 0 Å². The fraction of sp³-hybridized carbons (Fsp3) is 0.714. The number of anilines is 2. The second-order valence-corrected chi connectivity index (χ2v) is 11.5. The Morgan fingerprint density at radius 2 is 1.50 bits per heavy atom. The summed E-state index contributed by atoms with van der Waals surface area (Å²) < 4.78 is 0. The Kier molecular flexibility index (Phi) is 7.43. The first-order valence-electron chi connectivity index (χ1n) is 13.8. The van der Waals surface area contributed by atoms with Crippen LogP contribution < -0.4 is 21.3 Å². The Morgan fingerprint density at radius 1 is 0.853 bits per heavy atom. The van der Waals surface area contributed by atoms with Gasteiger partial charge in [0.25, 0.3) is 0 Å². The molecule has 4 N–H and O–H groups in total. The van der Waals surface area contributed by atoms with E-state index >= 15 is 0 Å². The molecular formula is C28H42N4O2. The summed E-state index contributed by atoms with van der Waals surface area (Å²) in [6.45, 7) is 2.17. The number of benzene rings is 1. The van der Waals surface area contributed by atoms with Gasteiger partial charge in [-0.1, -0.05) is 25.3 Å². The van der Waals surface area contributed by atoms with Crippen LogP contribution in [0.5, 0.6) is 0 Å². The summed E-state index contributed by atoms with van der Waals surface area (Å²) in [6.07, 6.45) is 16.2. The third kappa shape index (κ3) is 5.94. The number of imide groups is 1. The maximum Gasteiger partial charge on any atom is 0.249 e. The zero-order valence-electron chi connectivity index (χ0n) is 20.5. The van der Waals surface area contributed by atoms with Gasteiger partial charge in [-0.3, -0.25) is 14.9 Å². The number of carbonyl (C=O) groups excluding carboxylic acids is 2. The number of piperidine rings is 1. The highest BCUT2D eigenvalue weighted by atomic mass is 16.2. The minimum Gasteiger partial charge on any atom is -0.385 e. The van der Waals surface area contributed by atoms with Crippen molar-refractivity contribution < 1.29 is 9.59 Å². The molecule has 1 aromatic rings. The van der Waals surface area contributed by atoms with E-state index in [0.29, 0.717) is 18.4 Å². The molecule has 1 aliphatic heterocycles. The highest BCUT2D eigenvalue weighted by Crippen LogP contribution is 2.55. The summed E-state index contributed by atoms with van der Waals surface area (Å²) in [5, 5.41) is 13.2. The molecule has 6 nitrogen and oxygen atoms in total. The number of hydrogen-bond donors (Lipinski definition) is 4. The van der Waals surface area contributed by atoms with Crippen LogP contribution in [-0.2, 0) is 9.59 Å². The zero-order valence-corrected chi connectivity index (χ0v) is 20.5. The van der Waals surface area contributed by atoms with Gasteiger partial charge in [0.1, 0.15) is 6.04 Å². The van der Waals surface area contributed by atoms with Crippen molar-refractivity contribution >= 4 is 23.2 Å². The van der Waals surface area contributed by atoms with Gasteiger partial charge in [-0.15, -0.1) is 0 Å². The lowest BCUT2D eigenvalue weighted by atomic mass is 9.53. The maximum atomic E-state index is 12.0. The highest BCUT2D eigenvalue weighted by Gasteiger charge is 2.50. The normalized spacial score (nSPS) is 32.0. The summed E-state index contributed by atoms with van der Waals surface area (Å²) >= 11 is 0. The number of nitrogens with one attached hydrogen (secondary N) is 4. The van der Waals surface area contributed by atoms with Gasteiger partial charge in [-0.05, 0) is 100 Å². The lowest BCUT2D eigenvalue weighted by Crippen LogP contribution is -2.58. The molecule has 1 atom stereocenters. The summed E-state index contributed by atoms with van der Waals surface area (Å²) in [5.74, 6) is 2.67. The predicted octanol–water partition coefficient (Wildman–Crippen LogP) is 4.82. The van der Waals surface area contributed by atoms with Crippen molar-refractivity contribution in [1.82, 2.24) is 10.6 Å². The maximum absolute atomic E-state index is 12.0. The second-order valence-electron chi connectivity index (χ2n) is 11.5. The Morgan fingerprint density at radius 3 is 2.21 bits per heavy atom. The van der Waals surface area contributed by atoms with Crippen LogP contribution in [0.2, 0.25) is 0 Å². The standard InChI is InChI=1S/C28H42N4O2/c33-26-10-9-25(27(34)32-26)31-24-8-6-7-23(16-24)29-11-4-2-1-3-5-12-30-28-17-20-13-21(18-28)15-22(14-20)19-28/h6-8,16,20-22,25,29-31H,1-5,9-15,17-19H2,(H,32,33,34). The third-order valence-corrected chi connectivity index (χ3v) is 8.66. The molecule has 0 radical (unpaired) electrons. The molecule has 186 valence electrons. The molecule has 1 aromatic carbocycles. The van der Waals surface area contributed by atoms with Gasteiger partial charge < -0.3 is 16.0 Å². The topological polar surface area (TPSA) is 82.3 Å². The van der Waals surface area contributed by atoms with Gasteiger partial charge in [0.2, 0.25) is 11.8 Å². The molecule has 6 heteroatoms. The number of hydrogen-bond acceptors (Lipinski definition) is 5. The van der Waals surface area contributed by atoms with Gasteiger partial charge in [0, 0.05) is 29.9 Å².